The summed E-state index contributed by atoms with van der Waals surface area (Å²) in [5, 5.41) is 5.48. The van der Waals surface area contributed by atoms with Gasteiger partial charge >= 0.3 is 0 Å². The lowest BCUT2D eigenvalue weighted by Gasteiger charge is -2.27. The van der Waals surface area contributed by atoms with Crippen LogP contribution in [0.15, 0.2) is 24.4 Å². The zero-order valence-electron chi connectivity index (χ0n) is 17.0. The lowest BCUT2D eigenvalue weighted by Crippen LogP contribution is -2.39. The molecule has 10 heteroatoms. The summed E-state index contributed by atoms with van der Waals surface area (Å²) in [5.74, 6) is -0.0974. The minimum Gasteiger partial charge on any atom is -0.379 e. The Balaban J connectivity index is 0.00000256. The van der Waals surface area contributed by atoms with Crippen LogP contribution in [0, 0.1) is 6.92 Å². The Labute approximate surface area is 191 Å². The highest BCUT2D eigenvalue weighted by Gasteiger charge is 2.24. The van der Waals surface area contributed by atoms with Crippen LogP contribution in [-0.2, 0) is 11.8 Å². The summed E-state index contributed by atoms with van der Waals surface area (Å²) in [6, 6.07) is 5.58. The maximum absolute atomic E-state index is 13.3. The topological polar surface area (TPSA) is 63.5 Å². The number of aryl methyl sites for hydroxylation is 2. The highest BCUT2D eigenvalue weighted by atomic mass is 35.5. The number of morpholine rings is 1. The summed E-state index contributed by atoms with van der Waals surface area (Å²) in [4.78, 5) is 22.2. The number of carbonyl (C=O) groups is 1. The van der Waals surface area contributed by atoms with Crippen molar-refractivity contribution in [2.75, 3.05) is 44.3 Å². The molecule has 0 aliphatic carbocycles. The maximum atomic E-state index is 13.3. The summed E-state index contributed by atoms with van der Waals surface area (Å²) in [6.07, 6.45) is 2.49. The van der Waals surface area contributed by atoms with E-state index in [1.54, 1.807) is 28.9 Å². The van der Waals surface area contributed by atoms with Crippen LogP contribution in [0.1, 0.15) is 22.5 Å². The van der Waals surface area contributed by atoms with E-state index in [4.69, 9.17) is 21.3 Å². The number of carbonyl (C=O) groups excluding carboxylic acids is 1. The van der Waals surface area contributed by atoms with Gasteiger partial charge in [-0.25, -0.2) is 4.98 Å². The molecule has 0 saturated carbocycles. The van der Waals surface area contributed by atoms with E-state index in [0.717, 1.165) is 55.0 Å². The SMILES string of the molecule is Cc1ccc(Cl)c2sc(N(CCCN3CCOCC3)C(=O)c3ccnn3C)nc12.Cl. The Morgan fingerprint density at radius 1 is 1.30 bits per heavy atom. The number of hydrogen-bond donors (Lipinski definition) is 0. The third kappa shape index (κ3) is 4.78. The van der Waals surface area contributed by atoms with Crippen molar-refractivity contribution in [3.05, 3.63) is 40.7 Å². The van der Waals surface area contributed by atoms with Crippen molar-refractivity contribution in [1.29, 1.82) is 0 Å². The Hall–Kier alpha value is -1.71. The molecule has 3 aromatic rings. The third-order valence-corrected chi connectivity index (χ3v) is 6.70. The molecule has 0 radical (unpaired) electrons. The zero-order chi connectivity index (χ0) is 20.4. The molecule has 30 heavy (non-hydrogen) atoms. The molecule has 7 nitrogen and oxygen atoms in total. The minimum atomic E-state index is -0.0974. The molecule has 0 spiro atoms. The number of anilines is 1. The molecule has 0 bridgehead atoms. The first-order valence-electron chi connectivity index (χ1n) is 9.70. The Bertz CT molecular complexity index is 977. The van der Waals surface area contributed by atoms with Crippen molar-refractivity contribution in [3.8, 4) is 0 Å². The van der Waals surface area contributed by atoms with Crippen molar-refractivity contribution < 1.29 is 9.53 Å². The molecule has 2 aromatic heterocycles. The second kappa shape index (κ2) is 10.1. The van der Waals surface area contributed by atoms with Crippen molar-refractivity contribution in [2.24, 2.45) is 7.05 Å². The van der Waals surface area contributed by atoms with E-state index in [-0.39, 0.29) is 18.3 Å². The van der Waals surface area contributed by atoms with E-state index in [2.05, 4.69) is 10.00 Å². The van der Waals surface area contributed by atoms with Gasteiger partial charge in [0.2, 0.25) is 0 Å². The highest BCUT2D eigenvalue weighted by molar-refractivity contribution is 7.23. The quantitative estimate of drug-likeness (QED) is 0.549. The number of ether oxygens (including phenoxy) is 1. The Morgan fingerprint density at radius 2 is 2.07 bits per heavy atom. The first-order valence-corrected chi connectivity index (χ1v) is 10.9. The number of rotatable bonds is 6. The number of fused-ring (bicyclic) bond motifs is 1. The average molecular weight is 470 g/mol. The Kier molecular flexibility index (Phi) is 7.70. The standard InChI is InChI=1S/C20H24ClN5O2S.ClH/c1-14-4-5-15(21)18-17(14)23-20(29-18)26(19(27)16-6-7-22-24(16)2)9-3-8-25-10-12-28-13-11-25;/h4-7H,3,8-13H2,1-2H3;1H. The normalized spacial score (nSPS) is 14.6. The number of benzene rings is 1. The molecule has 0 N–H and O–H groups in total. The van der Waals surface area contributed by atoms with E-state index >= 15 is 0 Å². The van der Waals surface area contributed by atoms with Crippen LogP contribution in [0.25, 0.3) is 10.2 Å². The lowest BCUT2D eigenvalue weighted by atomic mass is 10.2. The van der Waals surface area contributed by atoms with Crippen LogP contribution in [0.5, 0.6) is 0 Å². The molecule has 0 unspecified atom stereocenters. The van der Waals surface area contributed by atoms with E-state index < -0.39 is 0 Å². The molecular weight excluding hydrogens is 445 g/mol. The fraction of sp³-hybridized carbons (Fsp3) is 0.450. The summed E-state index contributed by atoms with van der Waals surface area (Å²) < 4.78 is 7.93. The van der Waals surface area contributed by atoms with Gasteiger partial charge in [0.15, 0.2) is 5.13 Å². The number of aromatic nitrogens is 3. The minimum absolute atomic E-state index is 0. The van der Waals surface area contributed by atoms with E-state index in [0.29, 0.717) is 22.4 Å². The van der Waals surface area contributed by atoms with Gasteiger partial charge in [-0.3, -0.25) is 19.3 Å². The summed E-state index contributed by atoms with van der Waals surface area (Å²) >= 11 is 7.85. The van der Waals surface area contributed by atoms with Crippen molar-refractivity contribution >= 4 is 56.6 Å². The fourth-order valence-corrected chi connectivity index (χ4v) is 4.83. The van der Waals surface area contributed by atoms with Gasteiger partial charge in [-0.2, -0.15) is 5.10 Å². The monoisotopic (exact) mass is 469 g/mol. The van der Waals surface area contributed by atoms with Crippen molar-refractivity contribution in [3.63, 3.8) is 0 Å². The number of halogens is 2. The summed E-state index contributed by atoms with van der Waals surface area (Å²) in [6.45, 7) is 6.92. The Morgan fingerprint density at radius 3 is 2.73 bits per heavy atom. The molecule has 1 aliphatic rings. The van der Waals surface area contributed by atoms with Gasteiger partial charge in [0, 0.05) is 39.4 Å². The smallest absolute Gasteiger partial charge is 0.278 e. The number of amides is 1. The van der Waals surface area contributed by atoms with Crippen LogP contribution >= 0.6 is 35.3 Å². The summed E-state index contributed by atoms with van der Waals surface area (Å²) in [5.41, 5.74) is 2.44. The fourth-order valence-electron chi connectivity index (χ4n) is 3.49. The molecule has 1 aromatic carbocycles. The predicted molar refractivity (Wildman–Crippen MR) is 123 cm³/mol. The molecule has 1 amide bonds. The second-order valence-corrected chi connectivity index (χ2v) is 8.53. The van der Waals surface area contributed by atoms with Gasteiger partial charge in [0.25, 0.3) is 5.91 Å². The van der Waals surface area contributed by atoms with Crippen LogP contribution in [0.3, 0.4) is 0 Å². The van der Waals surface area contributed by atoms with Crippen LogP contribution in [0.2, 0.25) is 5.02 Å². The third-order valence-electron chi connectivity index (χ3n) is 5.16. The number of thiazole rings is 1. The van der Waals surface area contributed by atoms with Gasteiger partial charge in [0.05, 0.1) is 28.5 Å². The van der Waals surface area contributed by atoms with E-state index in [1.165, 1.54) is 11.3 Å². The first-order chi connectivity index (χ1) is 14.0. The van der Waals surface area contributed by atoms with Gasteiger partial charge in [-0.15, -0.1) is 12.4 Å². The van der Waals surface area contributed by atoms with Gasteiger partial charge in [-0.1, -0.05) is 29.0 Å². The molecule has 1 aliphatic heterocycles. The lowest BCUT2D eigenvalue weighted by molar-refractivity contribution is 0.0376. The van der Waals surface area contributed by atoms with Crippen LogP contribution in [-0.4, -0.2) is 65.0 Å². The van der Waals surface area contributed by atoms with Crippen LogP contribution < -0.4 is 4.90 Å². The summed E-state index contributed by atoms with van der Waals surface area (Å²) in [7, 11) is 1.78. The molecule has 3 heterocycles. The van der Waals surface area contributed by atoms with Gasteiger partial charge in [-0.05, 0) is 31.0 Å². The average Bonchev–Trinajstić information content (AvgIpc) is 3.36. The molecular formula is C20H25Cl2N5O2S. The van der Waals surface area contributed by atoms with E-state index in [9.17, 15) is 4.79 Å². The highest BCUT2D eigenvalue weighted by Crippen LogP contribution is 2.36. The molecule has 4 rings (SSSR count). The predicted octanol–water partition coefficient (Wildman–Crippen LogP) is 3.78. The second-order valence-electron chi connectivity index (χ2n) is 7.14. The molecule has 162 valence electrons. The number of nitrogens with zero attached hydrogens (tertiary/aromatic N) is 5. The van der Waals surface area contributed by atoms with Crippen molar-refractivity contribution in [2.45, 2.75) is 13.3 Å². The van der Waals surface area contributed by atoms with Gasteiger partial charge in [0.1, 0.15) is 5.69 Å². The first kappa shape index (κ1) is 23.0. The van der Waals surface area contributed by atoms with Crippen molar-refractivity contribution in [1.82, 2.24) is 19.7 Å². The zero-order valence-corrected chi connectivity index (χ0v) is 19.4. The molecule has 0 atom stereocenters. The van der Waals surface area contributed by atoms with Gasteiger partial charge < -0.3 is 4.74 Å². The molecule has 1 fully saturated rings. The molecule has 1 saturated heterocycles. The largest absolute Gasteiger partial charge is 0.379 e. The van der Waals surface area contributed by atoms with Crippen LogP contribution in [0.4, 0.5) is 5.13 Å². The maximum Gasteiger partial charge on any atom is 0.278 e. The van der Waals surface area contributed by atoms with E-state index in [1.807, 2.05) is 19.1 Å². The number of hydrogen-bond acceptors (Lipinski definition) is 6.